The smallest absolute Gasteiger partial charge is 0.372 e. The van der Waals surface area contributed by atoms with Crippen LogP contribution in [0.3, 0.4) is 0 Å². The van der Waals surface area contributed by atoms with E-state index in [1.165, 1.54) is 12.3 Å². The zero-order chi connectivity index (χ0) is 17.6. The van der Waals surface area contributed by atoms with Crippen molar-refractivity contribution in [3.8, 4) is 0 Å². The van der Waals surface area contributed by atoms with Gasteiger partial charge in [0.1, 0.15) is 5.39 Å². The highest BCUT2D eigenvalue weighted by Crippen LogP contribution is 2.22. The van der Waals surface area contributed by atoms with Gasteiger partial charge in [0.15, 0.2) is 5.65 Å². The Kier molecular flexibility index (Phi) is 3.31. The SMILES string of the molecule is O=C1c2ccccc2C(=O)N1CCn1c(=O)oc(=O)c2cccnc21. The third kappa shape index (κ3) is 2.26. The fourth-order valence-electron chi connectivity index (χ4n) is 2.89. The van der Waals surface area contributed by atoms with Crippen molar-refractivity contribution in [2.24, 2.45) is 0 Å². The van der Waals surface area contributed by atoms with Crippen molar-refractivity contribution in [2.75, 3.05) is 6.54 Å². The van der Waals surface area contributed by atoms with Crippen LogP contribution in [0, 0.1) is 0 Å². The van der Waals surface area contributed by atoms with Gasteiger partial charge in [-0.3, -0.25) is 19.1 Å². The molecule has 0 unspecified atom stereocenters. The number of aromatic nitrogens is 2. The van der Waals surface area contributed by atoms with Gasteiger partial charge >= 0.3 is 11.4 Å². The summed E-state index contributed by atoms with van der Waals surface area (Å²) in [7, 11) is 0. The van der Waals surface area contributed by atoms with Crippen LogP contribution < -0.4 is 11.4 Å². The van der Waals surface area contributed by atoms with Crippen molar-refractivity contribution in [1.82, 2.24) is 14.5 Å². The third-order valence-electron chi connectivity index (χ3n) is 4.09. The summed E-state index contributed by atoms with van der Waals surface area (Å²) in [6, 6.07) is 9.58. The van der Waals surface area contributed by atoms with E-state index in [1.807, 2.05) is 0 Å². The molecular formula is C17H11N3O5. The summed E-state index contributed by atoms with van der Waals surface area (Å²) in [6.45, 7) is -0.0623. The van der Waals surface area contributed by atoms with Gasteiger partial charge in [0.05, 0.1) is 11.1 Å². The molecule has 0 spiro atoms. The Bertz CT molecular complexity index is 1110. The van der Waals surface area contributed by atoms with E-state index >= 15 is 0 Å². The van der Waals surface area contributed by atoms with Gasteiger partial charge in [0.25, 0.3) is 11.8 Å². The van der Waals surface area contributed by atoms with Crippen LogP contribution in [0.4, 0.5) is 0 Å². The fraction of sp³-hybridized carbons (Fsp3) is 0.118. The van der Waals surface area contributed by atoms with Crippen LogP contribution in [0.2, 0.25) is 0 Å². The lowest BCUT2D eigenvalue weighted by molar-refractivity contribution is 0.0647. The van der Waals surface area contributed by atoms with Crippen molar-refractivity contribution >= 4 is 22.8 Å². The number of hydrogen-bond donors (Lipinski definition) is 0. The van der Waals surface area contributed by atoms with Gasteiger partial charge in [0, 0.05) is 19.3 Å². The highest BCUT2D eigenvalue weighted by Gasteiger charge is 2.34. The zero-order valence-electron chi connectivity index (χ0n) is 12.8. The lowest BCUT2D eigenvalue weighted by atomic mass is 10.1. The lowest BCUT2D eigenvalue weighted by Crippen LogP contribution is -2.36. The molecule has 0 saturated carbocycles. The van der Waals surface area contributed by atoms with Crippen molar-refractivity contribution in [2.45, 2.75) is 6.54 Å². The maximum atomic E-state index is 12.4. The van der Waals surface area contributed by atoms with Crippen LogP contribution in [0.5, 0.6) is 0 Å². The number of benzene rings is 1. The number of amides is 2. The molecule has 1 aromatic carbocycles. The first kappa shape index (κ1) is 15.0. The number of fused-ring (bicyclic) bond motifs is 2. The summed E-state index contributed by atoms with van der Waals surface area (Å²) in [6.07, 6.45) is 1.44. The second-order valence-electron chi connectivity index (χ2n) is 5.49. The fourth-order valence-corrected chi connectivity index (χ4v) is 2.89. The van der Waals surface area contributed by atoms with Gasteiger partial charge < -0.3 is 4.42 Å². The molecule has 0 saturated heterocycles. The number of carbonyl (C=O) groups is 2. The largest absolute Gasteiger partial charge is 0.423 e. The van der Waals surface area contributed by atoms with Crippen molar-refractivity contribution < 1.29 is 14.0 Å². The molecule has 3 heterocycles. The van der Waals surface area contributed by atoms with Crippen LogP contribution in [0.1, 0.15) is 20.7 Å². The minimum absolute atomic E-state index is 0.0262. The van der Waals surface area contributed by atoms with Crippen LogP contribution in [0.15, 0.2) is 56.6 Å². The quantitative estimate of drug-likeness (QED) is 0.650. The predicted octanol–water partition coefficient (Wildman–Crippen LogP) is 0.646. The van der Waals surface area contributed by atoms with Crippen molar-refractivity contribution in [3.63, 3.8) is 0 Å². The molecule has 3 aromatic rings. The minimum Gasteiger partial charge on any atom is -0.372 e. The van der Waals surface area contributed by atoms with E-state index in [1.54, 1.807) is 30.3 Å². The molecule has 0 radical (unpaired) electrons. The summed E-state index contributed by atoms with van der Waals surface area (Å²) in [5.41, 5.74) is 0.0512. The minimum atomic E-state index is -0.882. The molecule has 4 rings (SSSR count). The van der Waals surface area contributed by atoms with Crippen LogP contribution in [-0.2, 0) is 6.54 Å². The highest BCUT2D eigenvalue weighted by molar-refractivity contribution is 6.21. The number of hydrogen-bond acceptors (Lipinski definition) is 6. The number of pyridine rings is 1. The van der Waals surface area contributed by atoms with E-state index in [4.69, 9.17) is 0 Å². The summed E-state index contributed by atoms with van der Waals surface area (Å²) >= 11 is 0. The lowest BCUT2D eigenvalue weighted by Gasteiger charge is -2.14. The molecule has 0 aliphatic carbocycles. The predicted molar refractivity (Wildman–Crippen MR) is 86.3 cm³/mol. The average molecular weight is 337 g/mol. The molecule has 8 heteroatoms. The molecule has 0 fully saturated rings. The van der Waals surface area contributed by atoms with Gasteiger partial charge in [-0.25, -0.2) is 14.6 Å². The summed E-state index contributed by atoms with van der Waals surface area (Å²) in [4.78, 5) is 53.6. The van der Waals surface area contributed by atoms with E-state index in [2.05, 4.69) is 9.40 Å². The Morgan fingerprint density at radius 3 is 2.24 bits per heavy atom. The molecule has 124 valence electrons. The summed E-state index contributed by atoms with van der Waals surface area (Å²) in [5, 5.41) is 0.157. The topological polar surface area (TPSA) is 102 Å². The second kappa shape index (κ2) is 5.52. The van der Waals surface area contributed by atoms with Crippen LogP contribution in [-0.4, -0.2) is 32.8 Å². The van der Waals surface area contributed by atoms with Crippen molar-refractivity contribution in [1.29, 1.82) is 0 Å². The highest BCUT2D eigenvalue weighted by atomic mass is 16.4. The number of rotatable bonds is 3. The molecule has 25 heavy (non-hydrogen) atoms. The Balaban J connectivity index is 1.69. The normalized spacial score (nSPS) is 13.5. The summed E-state index contributed by atoms with van der Waals surface area (Å²) in [5.74, 6) is -1.71. The monoisotopic (exact) mass is 337 g/mol. The maximum Gasteiger partial charge on any atom is 0.423 e. The van der Waals surface area contributed by atoms with Gasteiger partial charge in [0.2, 0.25) is 0 Å². The second-order valence-corrected chi connectivity index (χ2v) is 5.49. The summed E-state index contributed by atoms with van der Waals surface area (Å²) < 4.78 is 5.81. The molecule has 0 atom stereocenters. The van der Waals surface area contributed by atoms with E-state index in [0.717, 1.165) is 9.47 Å². The Morgan fingerprint density at radius 1 is 0.880 bits per heavy atom. The third-order valence-corrected chi connectivity index (χ3v) is 4.09. The standard InChI is InChI=1S/C17H11N3O5/c21-14-10-4-1-2-5-11(10)15(22)20(14)9-8-19-13-12(6-3-7-18-13)16(23)25-17(19)24/h1-7H,8-9H2. The van der Waals surface area contributed by atoms with Crippen LogP contribution >= 0.6 is 0 Å². The van der Waals surface area contributed by atoms with Gasteiger partial charge in [-0.05, 0) is 24.3 Å². The molecule has 2 aromatic heterocycles. The first-order valence-corrected chi connectivity index (χ1v) is 7.52. The molecule has 1 aliphatic heterocycles. The Labute approximate surface area is 139 Å². The molecule has 2 amide bonds. The molecule has 8 nitrogen and oxygen atoms in total. The van der Waals surface area contributed by atoms with Gasteiger partial charge in [-0.1, -0.05) is 12.1 Å². The van der Waals surface area contributed by atoms with Gasteiger partial charge in [-0.2, -0.15) is 0 Å². The van der Waals surface area contributed by atoms with E-state index in [0.29, 0.717) is 11.1 Å². The number of nitrogens with zero attached hydrogens (tertiary/aromatic N) is 3. The first-order chi connectivity index (χ1) is 12.1. The van der Waals surface area contributed by atoms with Crippen LogP contribution in [0.25, 0.3) is 11.0 Å². The zero-order valence-corrected chi connectivity index (χ0v) is 12.8. The first-order valence-electron chi connectivity index (χ1n) is 7.52. The molecule has 0 bridgehead atoms. The van der Waals surface area contributed by atoms with E-state index < -0.39 is 23.2 Å². The number of carbonyl (C=O) groups excluding carboxylic acids is 2. The van der Waals surface area contributed by atoms with Crippen molar-refractivity contribution in [3.05, 3.63) is 74.7 Å². The molecule has 0 N–H and O–H groups in total. The van der Waals surface area contributed by atoms with E-state index in [9.17, 15) is 19.2 Å². The van der Waals surface area contributed by atoms with E-state index in [-0.39, 0.29) is 24.1 Å². The molecular weight excluding hydrogens is 326 g/mol. The molecule has 1 aliphatic rings. The Hall–Kier alpha value is -3.55. The number of imide groups is 1. The maximum absolute atomic E-state index is 12.4. The Morgan fingerprint density at radius 2 is 1.56 bits per heavy atom. The van der Waals surface area contributed by atoms with Gasteiger partial charge in [-0.15, -0.1) is 0 Å². The average Bonchev–Trinajstić information content (AvgIpc) is 2.86.